The maximum absolute atomic E-state index is 11.5. The van der Waals surface area contributed by atoms with Crippen LogP contribution in [0, 0.1) is 0 Å². The molecule has 0 heterocycles. The summed E-state index contributed by atoms with van der Waals surface area (Å²) in [5.74, 6) is -0.307. The van der Waals surface area contributed by atoms with Crippen LogP contribution < -0.4 is 5.73 Å². The Kier molecular flexibility index (Phi) is 10.8. The van der Waals surface area contributed by atoms with Crippen LogP contribution in [0.2, 0.25) is 0 Å². The predicted molar refractivity (Wildman–Crippen MR) is 77.0 cm³/mol. The van der Waals surface area contributed by atoms with E-state index < -0.39 is 6.04 Å². The zero-order valence-corrected chi connectivity index (χ0v) is 12.9. The molecular formula is C14H30N2O3. The van der Waals surface area contributed by atoms with E-state index in [4.69, 9.17) is 15.2 Å². The first-order chi connectivity index (χ1) is 9.10. The highest BCUT2D eigenvalue weighted by molar-refractivity contribution is 5.75. The Labute approximate surface area is 117 Å². The smallest absolute Gasteiger partial charge is 0.322 e. The fourth-order valence-electron chi connectivity index (χ4n) is 2.16. The first-order valence-corrected chi connectivity index (χ1v) is 7.25. The van der Waals surface area contributed by atoms with E-state index in [2.05, 4.69) is 18.7 Å². The van der Waals surface area contributed by atoms with E-state index in [1.54, 1.807) is 14.0 Å². The maximum Gasteiger partial charge on any atom is 0.322 e. The van der Waals surface area contributed by atoms with Gasteiger partial charge in [-0.25, -0.2) is 0 Å². The lowest BCUT2D eigenvalue weighted by molar-refractivity contribution is -0.144. The Balaban J connectivity index is 4.27. The predicted octanol–water partition coefficient (Wildman–Crippen LogP) is 1.40. The van der Waals surface area contributed by atoms with E-state index in [1.807, 2.05) is 0 Å². The molecule has 0 bridgehead atoms. The van der Waals surface area contributed by atoms with Crippen LogP contribution in [0.15, 0.2) is 0 Å². The minimum Gasteiger partial charge on any atom is -0.465 e. The summed E-state index contributed by atoms with van der Waals surface area (Å²) in [6.07, 6.45) is 2.81. The fourth-order valence-corrected chi connectivity index (χ4v) is 2.16. The summed E-state index contributed by atoms with van der Waals surface area (Å²) in [7, 11) is 1.70. The Morgan fingerprint density at radius 2 is 1.84 bits per heavy atom. The lowest BCUT2D eigenvalue weighted by Crippen LogP contribution is -2.42. The van der Waals surface area contributed by atoms with Gasteiger partial charge in [0.1, 0.15) is 6.04 Å². The van der Waals surface area contributed by atoms with Gasteiger partial charge in [0, 0.05) is 26.2 Å². The van der Waals surface area contributed by atoms with E-state index in [-0.39, 0.29) is 5.97 Å². The molecule has 0 radical (unpaired) electrons. The van der Waals surface area contributed by atoms with E-state index in [0.717, 1.165) is 25.9 Å². The topological polar surface area (TPSA) is 64.8 Å². The van der Waals surface area contributed by atoms with Gasteiger partial charge >= 0.3 is 5.97 Å². The van der Waals surface area contributed by atoms with Crippen LogP contribution in [0.4, 0.5) is 0 Å². The number of ether oxygens (including phenoxy) is 2. The summed E-state index contributed by atoms with van der Waals surface area (Å²) in [6.45, 7) is 8.91. The molecule has 0 aliphatic heterocycles. The summed E-state index contributed by atoms with van der Waals surface area (Å²) >= 11 is 0. The standard InChI is InChI=1S/C14H30N2O3/c1-5-12(6-2)16(10-11-18-4)9-8-13(15)14(17)19-7-3/h12-13H,5-11,15H2,1-4H3. The number of nitrogens with two attached hydrogens (primary N) is 1. The van der Waals surface area contributed by atoms with Crippen molar-refractivity contribution in [3.8, 4) is 0 Å². The van der Waals surface area contributed by atoms with Gasteiger partial charge < -0.3 is 15.2 Å². The molecule has 0 aromatic rings. The largest absolute Gasteiger partial charge is 0.465 e. The lowest BCUT2D eigenvalue weighted by Gasteiger charge is -2.30. The highest BCUT2D eigenvalue weighted by atomic mass is 16.5. The van der Waals surface area contributed by atoms with Crippen molar-refractivity contribution in [1.82, 2.24) is 4.90 Å². The molecule has 0 aromatic heterocycles. The van der Waals surface area contributed by atoms with Crippen LogP contribution in [0.5, 0.6) is 0 Å². The van der Waals surface area contributed by atoms with Crippen LogP contribution >= 0.6 is 0 Å². The van der Waals surface area contributed by atoms with Crippen LogP contribution in [0.25, 0.3) is 0 Å². The van der Waals surface area contributed by atoms with Crippen LogP contribution in [-0.2, 0) is 14.3 Å². The van der Waals surface area contributed by atoms with Crippen molar-refractivity contribution < 1.29 is 14.3 Å². The maximum atomic E-state index is 11.5. The van der Waals surface area contributed by atoms with Crippen molar-refractivity contribution in [2.45, 2.75) is 52.1 Å². The molecule has 0 aromatic carbocycles. The molecule has 0 aliphatic carbocycles. The molecule has 5 heteroatoms. The van der Waals surface area contributed by atoms with Crippen LogP contribution in [0.3, 0.4) is 0 Å². The molecule has 0 amide bonds. The number of methoxy groups -OCH3 is 1. The Bertz CT molecular complexity index is 233. The van der Waals surface area contributed by atoms with Gasteiger partial charge in [-0.3, -0.25) is 9.69 Å². The van der Waals surface area contributed by atoms with Crippen molar-refractivity contribution in [1.29, 1.82) is 0 Å². The minimum atomic E-state index is -0.528. The van der Waals surface area contributed by atoms with Gasteiger partial charge in [-0.2, -0.15) is 0 Å². The van der Waals surface area contributed by atoms with Gasteiger partial charge in [-0.05, 0) is 26.2 Å². The van der Waals surface area contributed by atoms with Crippen LogP contribution in [0.1, 0.15) is 40.0 Å². The lowest BCUT2D eigenvalue weighted by atomic mass is 10.1. The van der Waals surface area contributed by atoms with Crippen LogP contribution in [-0.4, -0.2) is 56.4 Å². The summed E-state index contributed by atoms with van der Waals surface area (Å²) in [5, 5.41) is 0. The van der Waals surface area contributed by atoms with Crippen molar-refractivity contribution >= 4 is 5.97 Å². The average Bonchev–Trinajstić information content (AvgIpc) is 2.42. The first-order valence-electron chi connectivity index (χ1n) is 7.25. The third kappa shape index (κ3) is 7.50. The third-order valence-electron chi connectivity index (χ3n) is 3.36. The molecule has 1 unspecified atom stereocenters. The zero-order chi connectivity index (χ0) is 14.7. The van der Waals surface area contributed by atoms with Gasteiger partial charge in [-0.1, -0.05) is 13.8 Å². The Morgan fingerprint density at radius 1 is 1.21 bits per heavy atom. The molecule has 0 saturated carbocycles. The second kappa shape index (κ2) is 11.2. The SMILES string of the molecule is CCOC(=O)C(N)CCN(CCOC)C(CC)CC. The van der Waals surface area contributed by atoms with E-state index in [1.165, 1.54) is 0 Å². The molecule has 0 saturated heterocycles. The molecule has 0 fully saturated rings. The van der Waals surface area contributed by atoms with Gasteiger partial charge in [0.15, 0.2) is 0 Å². The van der Waals surface area contributed by atoms with E-state index >= 15 is 0 Å². The monoisotopic (exact) mass is 274 g/mol. The number of hydrogen-bond acceptors (Lipinski definition) is 5. The molecule has 0 aliphatic rings. The van der Waals surface area contributed by atoms with E-state index in [0.29, 0.717) is 25.7 Å². The van der Waals surface area contributed by atoms with Crippen molar-refractivity contribution in [3.05, 3.63) is 0 Å². The number of carbonyl (C=O) groups is 1. The summed E-state index contributed by atoms with van der Waals surface area (Å²) in [4.78, 5) is 13.8. The third-order valence-corrected chi connectivity index (χ3v) is 3.36. The van der Waals surface area contributed by atoms with Crippen molar-refractivity contribution in [3.63, 3.8) is 0 Å². The minimum absolute atomic E-state index is 0.307. The number of hydrogen-bond donors (Lipinski definition) is 1. The molecular weight excluding hydrogens is 244 g/mol. The molecule has 2 N–H and O–H groups in total. The van der Waals surface area contributed by atoms with Gasteiger partial charge in [-0.15, -0.1) is 0 Å². The fraction of sp³-hybridized carbons (Fsp3) is 0.929. The van der Waals surface area contributed by atoms with Gasteiger partial charge in [0.25, 0.3) is 0 Å². The van der Waals surface area contributed by atoms with Crippen molar-refractivity contribution in [2.24, 2.45) is 5.73 Å². The average molecular weight is 274 g/mol. The summed E-state index contributed by atoms with van der Waals surface area (Å²) in [5.41, 5.74) is 5.83. The Morgan fingerprint density at radius 3 is 2.32 bits per heavy atom. The van der Waals surface area contributed by atoms with Crippen molar-refractivity contribution in [2.75, 3.05) is 33.4 Å². The molecule has 0 spiro atoms. The van der Waals surface area contributed by atoms with Gasteiger partial charge in [0.05, 0.1) is 13.2 Å². The summed E-state index contributed by atoms with van der Waals surface area (Å²) < 4.78 is 10.1. The Hall–Kier alpha value is -0.650. The number of nitrogens with zero attached hydrogens (tertiary/aromatic N) is 1. The number of esters is 1. The number of carbonyl (C=O) groups excluding carboxylic acids is 1. The molecule has 0 rings (SSSR count). The molecule has 19 heavy (non-hydrogen) atoms. The molecule has 5 nitrogen and oxygen atoms in total. The van der Waals surface area contributed by atoms with Gasteiger partial charge in [0.2, 0.25) is 0 Å². The second-order valence-electron chi connectivity index (χ2n) is 4.65. The second-order valence-corrected chi connectivity index (χ2v) is 4.65. The normalized spacial score (nSPS) is 13.0. The molecule has 114 valence electrons. The molecule has 1 atom stereocenters. The highest BCUT2D eigenvalue weighted by Gasteiger charge is 2.19. The van der Waals surface area contributed by atoms with E-state index in [9.17, 15) is 4.79 Å². The quantitative estimate of drug-likeness (QED) is 0.577. The summed E-state index contributed by atoms with van der Waals surface area (Å²) in [6, 6.07) is -0.0103. The number of rotatable bonds is 11. The zero-order valence-electron chi connectivity index (χ0n) is 12.9. The first kappa shape index (κ1) is 18.4. The highest BCUT2D eigenvalue weighted by Crippen LogP contribution is 2.10.